The van der Waals surface area contributed by atoms with Gasteiger partial charge in [-0.2, -0.15) is 0 Å². The molecule has 4 nitrogen and oxygen atoms in total. The zero-order valence-electron chi connectivity index (χ0n) is 7.02. The molecule has 0 spiro atoms. The maximum absolute atomic E-state index is 11.2. The van der Waals surface area contributed by atoms with Gasteiger partial charge in [0.25, 0.3) is 0 Å². The van der Waals surface area contributed by atoms with Gasteiger partial charge in [0.1, 0.15) is 23.0 Å². The molecule has 2 rings (SSSR count). The zero-order valence-corrected chi connectivity index (χ0v) is 7.84. The number of aromatic nitrogens is 2. The number of carbonyl (C=O) groups is 1. The fourth-order valence-electron chi connectivity index (χ4n) is 1.22. The number of carbonyl (C=O) groups excluding carboxylic acids is 1. The van der Waals surface area contributed by atoms with Crippen LogP contribution in [0, 0.1) is 6.92 Å². The Hall–Kier alpha value is -1.20. The first-order valence-electron chi connectivity index (χ1n) is 3.80. The van der Waals surface area contributed by atoms with Crippen molar-refractivity contribution in [1.82, 2.24) is 9.38 Å². The van der Waals surface area contributed by atoms with Crippen molar-refractivity contribution in [3.05, 3.63) is 23.1 Å². The number of aliphatic hydroxyl groups is 1. The van der Waals surface area contributed by atoms with E-state index >= 15 is 0 Å². The highest BCUT2D eigenvalue weighted by Gasteiger charge is 2.15. The highest BCUT2D eigenvalue weighted by atomic mass is 32.1. The van der Waals surface area contributed by atoms with Crippen LogP contribution in [-0.4, -0.2) is 26.9 Å². The normalized spacial score (nSPS) is 10.9. The summed E-state index contributed by atoms with van der Waals surface area (Å²) in [6.45, 7) is 1.35. The summed E-state index contributed by atoms with van der Waals surface area (Å²) in [5.41, 5.74) is 0.370. The van der Waals surface area contributed by atoms with Crippen molar-refractivity contribution < 1.29 is 9.90 Å². The van der Waals surface area contributed by atoms with Crippen molar-refractivity contribution in [2.24, 2.45) is 0 Å². The molecule has 5 heteroatoms. The van der Waals surface area contributed by atoms with Gasteiger partial charge in [-0.3, -0.25) is 9.20 Å². The number of fused-ring (bicyclic) bond motifs is 1. The van der Waals surface area contributed by atoms with Crippen molar-refractivity contribution in [3.8, 4) is 0 Å². The summed E-state index contributed by atoms with van der Waals surface area (Å²) in [6.07, 6.45) is 1.86. The van der Waals surface area contributed by atoms with Crippen LogP contribution in [0.5, 0.6) is 0 Å². The van der Waals surface area contributed by atoms with E-state index in [9.17, 15) is 4.79 Å². The third-order valence-electron chi connectivity index (χ3n) is 1.84. The molecule has 0 bridgehead atoms. The van der Waals surface area contributed by atoms with Crippen LogP contribution in [0.1, 0.15) is 16.3 Å². The number of Topliss-reactive ketones (excluding diaryl/α,β-unsaturated/α-hetero) is 1. The van der Waals surface area contributed by atoms with E-state index in [4.69, 9.17) is 5.11 Å². The van der Waals surface area contributed by atoms with Gasteiger partial charge in [-0.05, 0) is 6.92 Å². The second kappa shape index (κ2) is 2.93. The average Bonchev–Trinajstić information content (AvgIpc) is 2.68. The van der Waals surface area contributed by atoms with E-state index < -0.39 is 6.61 Å². The number of thiazole rings is 1. The van der Waals surface area contributed by atoms with E-state index in [-0.39, 0.29) is 5.78 Å². The van der Waals surface area contributed by atoms with E-state index in [2.05, 4.69) is 4.98 Å². The lowest BCUT2D eigenvalue weighted by Gasteiger charge is -1.88. The fraction of sp³-hybridized carbons (Fsp3) is 0.250. The lowest BCUT2D eigenvalue weighted by molar-refractivity contribution is 0.0901. The minimum absolute atomic E-state index is 0.326. The van der Waals surface area contributed by atoms with Crippen LogP contribution in [0.4, 0.5) is 0 Å². The summed E-state index contributed by atoms with van der Waals surface area (Å²) in [5.74, 6) is 0.445. The molecule has 0 unspecified atom stereocenters. The van der Waals surface area contributed by atoms with E-state index in [0.29, 0.717) is 5.69 Å². The standard InChI is InChI=1S/C8H8N2O2S/c1-5-9-7(6(12)4-11)8-10(5)2-3-13-8/h2-3,11H,4H2,1H3. The zero-order chi connectivity index (χ0) is 9.42. The summed E-state index contributed by atoms with van der Waals surface area (Å²) in [6, 6.07) is 0. The highest BCUT2D eigenvalue weighted by Crippen LogP contribution is 2.18. The van der Waals surface area contributed by atoms with Gasteiger partial charge >= 0.3 is 0 Å². The van der Waals surface area contributed by atoms with Crippen molar-refractivity contribution in [2.45, 2.75) is 6.92 Å². The molecule has 0 atom stereocenters. The molecule has 0 saturated carbocycles. The predicted octanol–water partition coefficient (Wildman–Crippen LogP) is 0.879. The van der Waals surface area contributed by atoms with Crippen LogP contribution in [0.3, 0.4) is 0 Å². The molecule has 13 heavy (non-hydrogen) atoms. The summed E-state index contributed by atoms with van der Waals surface area (Å²) in [5, 5.41) is 10.6. The van der Waals surface area contributed by atoms with E-state index in [1.165, 1.54) is 11.3 Å². The van der Waals surface area contributed by atoms with E-state index in [1.807, 2.05) is 22.9 Å². The third-order valence-corrected chi connectivity index (χ3v) is 2.71. The molecule has 0 aliphatic carbocycles. The molecule has 2 aromatic rings. The lowest BCUT2D eigenvalue weighted by atomic mass is 10.3. The van der Waals surface area contributed by atoms with Crippen molar-refractivity contribution >= 4 is 22.0 Å². The number of imidazole rings is 1. The van der Waals surface area contributed by atoms with Crippen molar-refractivity contribution in [3.63, 3.8) is 0 Å². The van der Waals surface area contributed by atoms with E-state index in [1.54, 1.807) is 0 Å². The largest absolute Gasteiger partial charge is 0.388 e. The molecule has 68 valence electrons. The summed E-state index contributed by atoms with van der Waals surface area (Å²) in [7, 11) is 0. The Morgan fingerprint density at radius 3 is 3.23 bits per heavy atom. The third kappa shape index (κ3) is 1.16. The Kier molecular flexibility index (Phi) is 1.90. The van der Waals surface area contributed by atoms with Gasteiger partial charge in [0.15, 0.2) is 0 Å². The quantitative estimate of drug-likeness (QED) is 0.725. The van der Waals surface area contributed by atoms with Gasteiger partial charge < -0.3 is 5.11 Å². The lowest BCUT2D eigenvalue weighted by Crippen LogP contribution is -2.04. The molecule has 2 heterocycles. The SMILES string of the molecule is Cc1nc(C(=O)CO)c2sccn12. The number of aryl methyl sites for hydroxylation is 1. The second-order valence-electron chi connectivity index (χ2n) is 2.67. The summed E-state index contributed by atoms with van der Waals surface area (Å²) < 4.78 is 1.84. The summed E-state index contributed by atoms with van der Waals surface area (Å²) >= 11 is 1.45. The molecular weight excluding hydrogens is 188 g/mol. The maximum atomic E-state index is 11.2. The number of nitrogens with zero attached hydrogens (tertiary/aromatic N) is 2. The van der Waals surface area contributed by atoms with Crippen LogP contribution >= 0.6 is 11.3 Å². The van der Waals surface area contributed by atoms with Gasteiger partial charge in [0, 0.05) is 11.6 Å². The number of aliphatic hydroxyl groups excluding tert-OH is 1. The topological polar surface area (TPSA) is 54.6 Å². The van der Waals surface area contributed by atoms with Crippen LogP contribution in [0.15, 0.2) is 11.6 Å². The number of rotatable bonds is 2. The first-order valence-corrected chi connectivity index (χ1v) is 4.68. The maximum Gasteiger partial charge on any atom is 0.209 e. The molecule has 1 N–H and O–H groups in total. The number of hydrogen-bond donors (Lipinski definition) is 1. The van der Waals surface area contributed by atoms with Gasteiger partial charge in [0.05, 0.1) is 0 Å². The Balaban J connectivity index is 2.68. The summed E-state index contributed by atoms with van der Waals surface area (Å²) in [4.78, 5) is 16.1. The predicted molar refractivity (Wildman–Crippen MR) is 49.2 cm³/mol. The molecular formula is C8H8N2O2S. The first-order chi connectivity index (χ1) is 6.24. The first kappa shape index (κ1) is 8.40. The van der Waals surface area contributed by atoms with Crippen LogP contribution in [-0.2, 0) is 0 Å². The molecule has 2 aromatic heterocycles. The Morgan fingerprint density at radius 2 is 2.54 bits per heavy atom. The Bertz CT molecular complexity index is 458. The Labute approximate surface area is 78.5 Å². The fourth-order valence-corrected chi connectivity index (χ4v) is 2.11. The smallest absolute Gasteiger partial charge is 0.209 e. The number of ketones is 1. The van der Waals surface area contributed by atoms with Gasteiger partial charge in [-0.1, -0.05) is 0 Å². The van der Waals surface area contributed by atoms with Gasteiger partial charge in [-0.25, -0.2) is 4.98 Å². The van der Waals surface area contributed by atoms with Crippen molar-refractivity contribution in [1.29, 1.82) is 0 Å². The molecule has 0 aromatic carbocycles. The number of hydrogen-bond acceptors (Lipinski definition) is 4. The molecule has 0 aliphatic rings. The molecule has 0 amide bonds. The average molecular weight is 196 g/mol. The molecule has 0 fully saturated rings. The van der Waals surface area contributed by atoms with Gasteiger partial charge in [-0.15, -0.1) is 11.3 Å². The highest BCUT2D eigenvalue weighted by molar-refractivity contribution is 7.15. The second-order valence-corrected chi connectivity index (χ2v) is 3.56. The van der Waals surface area contributed by atoms with E-state index in [0.717, 1.165) is 10.7 Å². The minimum Gasteiger partial charge on any atom is -0.388 e. The van der Waals surface area contributed by atoms with Crippen LogP contribution < -0.4 is 0 Å². The molecule has 0 aliphatic heterocycles. The molecule has 0 saturated heterocycles. The van der Waals surface area contributed by atoms with Crippen LogP contribution in [0.25, 0.3) is 4.83 Å². The van der Waals surface area contributed by atoms with Gasteiger partial charge in [0.2, 0.25) is 5.78 Å². The Morgan fingerprint density at radius 1 is 1.77 bits per heavy atom. The monoisotopic (exact) mass is 196 g/mol. The molecule has 0 radical (unpaired) electrons. The van der Waals surface area contributed by atoms with Crippen LogP contribution in [0.2, 0.25) is 0 Å². The van der Waals surface area contributed by atoms with Crippen molar-refractivity contribution in [2.75, 3.05) is 6.61 Å². The minimum atomic E-state index is -0.482.